The Balaban J connectivity index is 1.64. The highest BCUT2D eigenvalue weighted by molar-refractivity contribution is 5.94. The molecule has 150 valence electrons. The number of pyridine rings is 1. The lowest BCUT2D eigenvalue weighted by atomic mass is 10.1. The van der Waals surface area contributed by atoms with Gasteiger partial charge < -0.3 is 14.7 Å². The van der Waals surface area contributed by atoms with Crippen LogP contribution in [0.15, 0.2) is 18.3 Å². The Labute approximate surface area is 164 Å². The van der Waals surface area contributed by atoms with E-state index in [0.29, 0.717) is 24.3 Å². The summed E-state index contributed by atoms with van der Waals surface area (Å²) < 4.78 is 1.90. The molecule has 0 N–H and O–H groups in total. The summed E-state index contributed by atoms with van der Waals surface area (Å²) in [6, 6.07) is 3.58. The summed E-state index contributed by atoms with van der Waals surface area (Å²) in [6.45, 7) is 3.61. The summed E-state index contributed by atoms with van der Waals surface area (Å²) in [5, 5.41) is 8.68. The minimum atomic E-state index is -0.0789. The summed E-state index contributed by atoms with van der Waals surface area (Å²) in [5.41, 5.74) is 1.35. The molecule has 0 unspecified atom stereocenters. The van der Waals surface area contributed by atoms with Gasteiger partial charge in [0.2, 0.25) is 0 Å². The maximum atomic E-state index is 12.8. The van der Waals surface area contributed by atoms with Crippen LogP contribution in [0.4, 0.5) is 4.79 Å². The zero-order valence-electron chi connectivity index (χ0n) is 16.7. The van der Waals surface area contributed by atoms with Crippen LogP contribution in [-0.4, -0.2) is 100 Å². The summed E-state index contributed by atoms with van der Waals surface area (Å²) >= 11 is 0. The first-order chi connectivity index (χ1) is 13.5. The van der Waals surface area contributed by atoms with E-state index >= 15 is 0 Å². The SMILES string of the molecule is CN(C)C(=O)N1CCN(C)[C@H](c2nnc3ccc(C(=O)N4CCCC4)cn23)C1. The van der Waals surface area contributed by atoms with Gasteiger partial charge in [-0.2, -0.15) is 0 Å². The van der Waals surface area contributed by atoms with E-state index in [1.54, 1.807) is 19.0 Å². The smallest absolute Gasteiger partial charge is 0.319 e. The van der Waals surface area contributed by atoms with Crippen LogP contribution in [0, 0.1) is 0 Å². The molecule has 0 aliphatic carbocycles. The highest BCUT2D eigenvalue weighted by Crippen LogP contribution is 2.24. The molecule has 2 saturated heterocycles. The van der Waals surface area contributed by atoms with Crippen molar-refractivity contribution >= 4 is 17.6 Å². The van der Waals surface area contributed by atoms with Crippen LogP contribution in [0.5, 0.6) is 0 Å². The van der Waals surface area contributed by atoms with E-state index in [1.807, 2.05) is 39.6 Å². The van der Waals surface area contributed by atoms with E-state index in [1.165, 1.54) is 0 Å². The van der Waals surface area contributed by atoms with Crippen molar-refractivity contribution in [2.75, 3.05) is 53.9 Å². The largest absolute Gasteiger partial charge is 0.339 e. The maximum Gasteiger partial charge on any atom is 0.319 e. The number of nitrogens with zero attached hydrogens (tertiary/aromatic N) is 7. The predicted octanol–water partition coefficient (Wildman–Crippen LogP) is 0.935. The molecule has 28 heavy (non-hydrogen) atoms. The van der Waals surface area contributed by atoms with Crippen LogP contribution in [0.1, 0.15) is 35.1 Å². The lowest BCUT2D eigenvalue weighted by Gasteiger charge is -2.39. The fourth-order valence-corrected chi connectivity index (χ4v) is 3.97. The van der Waals surface area contributed by atoms with Crippen molar-refractivity contribution in [2.45, 2.75) is 18.9 Å². The van der Waals surface area contributed by atoms with Gasteiger partial charge in [-0.05, 0) is 32.0 Å². The van der Waals surface area contributed by atoms with Crippen molar-refractivity contribution in [1.29, 1.82) is 0 Å². The fraction of sp³-hybridized carbons (Fsp3) is 0.579. The predicted molar refractivity (Wildman–Crippen MR) is 104 cm³/mol. The van der Waals surface area contributed by atoms with Crippen LogP contribution < -0.4 is 0 Å². The number of piperazine rings is 1. The van der Waals surface area contributed by atoms with Crippen molar-refractivity contribution in [3.8, 4) is 0 Å². The molecule has 2 aromatic rings. The Kier molecular flexibility index (Phi) is 4.92. The number of amides is 3. The Hall–Kier alpha value is -2.68. The zero-order chi connectivity index (χ0) is 19.8. The zero-order valence-corrected chi connectivity index (χ0v) is 16.7. The van der Waals surface area contributed by atoms with Gasteiger partial charge in [0, 0.05) is 53.0 Å². The fourth-order valence-electron chi connectivity index (χ4n) is 3.97. The standard InChI is InChI=1S/C19H27N7O2/c1-22(2)19(28)25-11-10-23(3)15(13-25)17-21-20-16-7-6-14(12-26(16)17)18(27)24-8-4-5-9-24/h6-7,12,15H,4-5,8-11,13H2,1-3H3/t15-/m0/s1. The molecule has 9 nitrogen and oxygen atoms in total. The van der Waals surface area contributed by atoms with Crippen molar-refractivity contribution in [1.82, 2.24) is 34.2 Å². The summed E-state index contributed by atoms with van der Waals surface area (Å²) in [7, 11) is 5.55. The van der Waals surface area contributed by atoms with Crippen LogP contribution in [0.2, 0.25) is 0 Å². The molecule has 2 fully saturated rings. The number of urea groups is 1. The first-order valence-electron chi connectivity index (χ1n) is 9.76. The number of likely N-dealkylation sites (tertiary alicyclic amines) is 1. The number of carbonyl (C=O) groups is 2. The minimum absolute atomic E-state index is 0.00294. The molecule has 0 bridgehead atoms. The topological polar surface area (TPSA) is 77.3 Å². The van der Waals surface area contributed by atoms with Crippen molar-refractivity contribution in [3.05, 3.63) is 29.7 Å². The van der Waals surface area contributed by atoms with Gasteiger partial charge in [-0.25, -0.2) is 4.79 Å². The second-order valence-electron chi connectivity index (χ2n) is 7.82. The van der Waals surface area contributed by atoms with Crippen LogP contribution in [0.3, 0.4) is 0 Å². The molecular formula is C19H27N7O2. The first kappa shape index (κ1) is 18.7. The minimum Gasteiger partial charge on any atom is -0.339 e. The van der Waals surface area contributed by atoms with Crippen molar-refractivity contribution < 1.29 is 9.59 Å². The number of hydrogen-bond donors (Lipinski definition) is 0. The second-order valence-corrected chi connectivity index (χ2v) is 7.82. The molecule has 0 aromatic carbocycles. The Morgan fingerprint density at radius 2 is 1.79 bits per heavy atom. The molecule has 0 saturated carbocycles. The molecule has 0 radical (unpaired) electrons. The lowest BCUT2D eigenvalue weighted by molar-refractivity contribution is 0.0792. The molecular weight excluding hydrogens is 358 g/mol. The van der Waals surface area contributed by atoms with E-state index in [2.05, 4.69) is 15.1 Å². The van der Waals surface area contributed by atoms with Gasteiger partial charge in [0.15, 0.2) is 11.5 Å². The molecule has 4 rings (SSSR count). The lowest BCUT2D eigenvalue weighted by Crippen LogP contribution is -2.52. The molecule has 2 aromatic heterocycles. The third-order valence-electron chi connectivity index (χ3n) is 5.67. The van der Waals surface area contributed by atoms with Crippen LogP contribution in [-0.2, 0) is 0 Å². The third kappa shape index (κ3) is 3.30. The van der Waals surface area contributed by atoms with Crippen molar-refractivity contribution in [2.24, 2.45) is 0 Å². The Bertz CT molecular complexity index is 888. The summed E-state index contributed by atoms with van der Waals surface area (Å²) in [5.74, 6) is 0.810. The van der Waals surface area contributed by atoms with Gasteiger partial charge >= 0.3 is 6.03 Å². The van der Waals surface area contributed by atoms with Gasteiger partial charge in [0.1, 0.15) is 0 Å². The third-order valence-corrected chi connectivity index (χ3v) is 5.67. The van der Waals surface area contributed by atoms with Crippen molar-refractivity contribution in [3.63, 3.8) is 0 Å². The molecule has 9 heteroatoms. The number of fused-ring (bicyclic) bond motifs is 1. The Morgan fingerprint density at radius 1 is 1.04 bits per heavy atom. The highest BCUT2D eigenvalue weighted by atomic mass is 16.2. The highest BCUT2D eigenvalue weighted by Gasteiger charge is 2.32. The van der Waals surface area contributed by atoms with E-state index in [0.717, 1.165) is 38.3 Å². The van der Waals surface area contributed by atoms with E-state index in [-0.39, 0.29) is 18.0 Å². The van der Waals surface area contributed by atoms with Gasteiger partial charge in [0.05, 0.1) is 11.6 Å². The van der Waals surface area contributed by atoms with E-state index < -0.39 is 0 Å². The van der Waals surface area contributed by atoms with Gasteiger partial charge in [-0.1, -0.05) is 0 Å². The number of rotatable bonds is 2. The average Bonchev–Trinajstić information content (AvgIpc) is 3.37. The normalized spacial score (nSPS) is 20.8. The average molecular weight is 385 g/mol. The molecule has 3 amide bonds. The number of hydrogen-bond acceptors (Lipinski definition) is 5. The van der Waals surface area contributed by atoms with E-state index in [4.69, 9.17) is 0 Å². The Morgan fingerprint density at radius 3 is 2.50 bits per heavy atom. The van der Waals surface area contributed by atoms with Gasteiger partial charge in [-0.15, -0.1) is 10.2 Å². The number of aromatic nitrogens is 3. The molecule has 4 heterocycles. The van der Waals surface area contributed by atoms with Gasteiger partial charge in [-0.3, -0.25) is 14.1 Å². The van der Waals surface area contributed by atoms with Gasteiger partial charge in [0.25, 0.3) is 5.91 Å². The first-order valence-corrected chi connectivity index (χ1v) is 9.76. The number of likely N-dealkylation sites (N-methyl/N-ethyl adjacent to an activating group) is 1. The summed E-state index contributed by atoms with van der Waals surface area (Å²) in [4.78, 5) is 32.7. The van der Waals surface area contributed by atoms with Crippen LogP contribution in [0.25, 0.3) is 5.65 Å². The quantitative estimate of drug-likeness (QED) is 0.769. The second kappa shape index (κ2) is 7.38. The number of carbonyl (C=O) groups excluding carboxylic acids is 2. The molecule has 0 spiro atoms. The maximum absolute atomic E-state index is 12.8. The molecule has 2 aliphatic heterocycles. The van der Waals surface area contributed by atoms with E-state index in [9.17, 15) is 9.59 Å². The molecule has 1 atom stereocenters. The monoisotopic (exact) mass is 385 g/mol. The summed E-state index contributed by atoms with van der Waals surface area (Å²) in [6.07, 6.45) is 3.97. The molecule has 2 aliphatic rings. The van der Waals surface area contributed by atoms with Crippen LogP contribution >= 0.6 is 0 Å².